The number of amides is 2. The highest BCUT2D eigenvalue weighted by Crippen LogP contribution is 2.28. The van der Waals surface area contributed by atoms with Crippen molar-refractivity contribution < 1.29 is 14.3 Å². The Labute approximate surface area is 196 Å². The first-order chi connectivity index (χ1) is 16.1. The molecule has 0 aliphatic rings. The fraction of sp³-hybridized carbons (Fsp3) is 0.160. The van der Waals surface area contributed by atoms with Crippen LogP contribution in [0, 0.1) is 0 Å². The van der Waals surface area contributed by atoms with E-state index in [9.17, 15) is 9.59 Å². The van der Waals surface area contributed by atoms with Crippen LogP contribution in [0.3, 0.4) is 0 Å². The summed E-state index contributed by atoms with van der Waals surface area (Å²) in [7, 11) is 1.72. The van der Waals surface area contributed by atoms with Gasteiger partial charge in [-0.1, -0.05) is 42.5 Å². The van der Waals surface area contributed by atoms with Crippen LogP contribution in [0.5, 0.6) is 5.75 Å². The first kappa shape index (κ1) is 22.3. The smallest absolute Gasteiger partial charge is 0.258 e. The number of likely N-dealkylation sites (N-methyl/N-ethyl adjacent to an activating group) is 1. The summed E-state index contributed by atoms with van der Waals surface area (Å²) in [4.78, 5) is 27.3. The molecule has 0 saturated carbocycles. The number of para-hydroxylation sites is 2. The molecule has 2 heterocycles. The Bertz CT molecular complexity index is 1190. The molecule has 0 spiro atoms. The van der Waals surface area contributed by atoms with Gasteiger partial charge in [0.25, 0.3) is 5.91 Å². The summed E-state index contributed by atoms with van der Waals surface area (Å²) in [6.45, 7) is 0.122. The monoisotopic (exact) mass is 460 g/mol. The highest BCUT2D eigenvalue weighted by atomic mass is 32.1. The third-order valence-electron chi connectivity index (χ3n) is 4.95. The molecule has 0 saturated heterocycles. The molecule has 7 nitrogen and oxygen atoms in total. The average molecular weight is 461 g/mol. The summed E-state index contributed by atoms with van der Waals surface area (Å²) >= 11 is 1.60. The maximum atomic E-state index is 12.6. The van der Waals surface area contributed by atoms with Crippen molar-refractivity contribution in [3.8, 4) is 22.0 Å². The summed E-state index contributed by atoms with van der Waals surface area (Å²) in [5.41, 5.74) is 2.71. The SMILES string of the molecule is CN(Cc1cn(-c2ccccc2)nc1-c1cccs1)C(=O)CNC(=O)COc1ccccc1. The normalized spacial score (nSPS) is 10.6. The van der Waals surface area contributed by atoms with E-state index in [0.29, 0.717) is 12.3 Å². The third kappa shape index (κ3) is 5.87. The maximum Gasteiger partial charge on any atom is 0.258 e. The number of thiophene rings is 1. The van der Waals surface area contributed by atoms with Crippen LogP contribution < -0.4 is 10.1 Å². The largest absolute Gasteiger partial charge is 0.484 e. The zero-order valence-corrected chi connectivity index (χ0v) is 19.0. The lowest BCUT2D eigenvalue weighted by molar-refractivity contribution is -0.132. The summed E-state index contributed by atoms with van der Waals surface area (Å²) in [5.74, 6) is 0.0528. The van der Waals surface area contributed by atoms with E-state index in [0.717, 1.165) is 21.8 Å². The number of nitrogens with one attached hydrogen (secondary N) is 1. The Balaban J connectivity index is 1.38. The van der Waals surface area contributed by atoms with Gasteiger partial charge in [-0.25, -0.2) is 4.68 Å². The molecule has 0 radical (unpaired) electrons. The molecule has 0 atom stereocenters. The van der Waals surface area contributed by atoms with Gasteiger partial charge in [-0.3, -0.25) is 9.59 Å². The quantitative estimate of drug-likeness (QED) is 0.413. The van der Waals surface area contributed by atoms with Gasteiger partial charge in [-0.05, 0) is 35.7 Å². The second kappa shape index (κ2) is 10.6. The highest BCUT2D eigenvalue weighted by Gasteiger charge is 2.18. The van der Waals surface area contributed by atoms with Crippen molar-refractivity contribution in [3.05, 3.63) is 89.9 Å². The van der Waals surface area contributed by atoms with Crippen molar-refractivity contribution in [1.29, 1.82) is 0 Å². The maximum absolute atomic E-state index is 12.6. The summed E-state index contributed by atoms with van der Waals surface area (Å²) in [5, 5.41) is 9.39. The molecule has 2 amide bonds. The van der Waals surface area contributed by atoms with E-state index in [1.165, 1.54) is 0 Å². The van der Waals surface area contributed by atoms with Crippen LogP contribution in [0.25, 0.3) is 16.3 Å². The molecule has 2 aromatic heterocycles. The van der Waals surface area contributed by atoms with Crippen LogP contribution in [0.4, 0.5) is 0 Å². The number of hydrogen-bond acceptors (Lipinski definition) is 5. The Kier molecular flexibility index (Phi) is 7.16. The zero-order chi connectivity index (χ0) is 23.0. The zero-order valence-electron chi connectivity index (χ0n) is 18.2. The predicted molar refractivity (Wildman–Crippen MR) is 128 cm³/mol. The molecular formula is C25H24N4O3S. The number of nitrogens with zero attached hydrogens (tertiary/aromatic N) is 3. The van der Waals surface area contributed by atoms with Crippen molar-refractivity contribution in [2.24, 2.45) is 0 Å². The lowest BCUT2D eigenvalue weighted by atomic mass is 10.2. The van der Waals surface area contributed by atoms with Gasteiger partial charge in [-0.2, -0.15) is 5.10 Å². The van der Waals surface area contributed by atoms with E-state index in [1.54, 1.807) is 35.4 Å². The van der Waals surface area contributed by atoms with E-state index < -0.39 is 0 Å². The topological polar surface area (TPSA) is 76.5 Å². The van der Waals surface area contributed by atoms with Crippen LogP contribution in [-0.2, 0) is 16.1 Å². The minimum atomic E-state index is -0.350. The molecule has 0 aliphatic heterocycles. The van der Waals surface area contributed by atoms with Crippen molar-refractivity contribution in [2.75, 3.05) is 20.2 Å². The number of carbonyl (C=O) groups is 2. The molecule has 0 unspecified atom stereocenters. The number of benzene rings is 2. The van der Waals surface area contributed by atoms with Crippen molar-refractivity contribution in [3.63, 3.8) is 0 Å². The summed E-state index contributed by atoms with van der Waals surface area (Å²) in [6, 6.07) is 22.9. The second-order valence-electron chi connectivity index (χ2n) is 7.39. The molecule has 2 aromatic carbocycles. The lowest BCUT2D eigenvalue weighted by Crippen LogP contribution is -2.39. The van der Waals surface area contributed by atoms with E-state index in [-0.39, 0.29) is 25.0 Å². The van der Waals surface area contributed by atoms with Gasteiger partial charge < -0.3 is 15.0 Å². The van der Waals surface area contributed by atoms with Crippen LogP contribution in [0.15, 0.2) is 84.4 Å². The summed E-state index contributed by atoms with van der Waals surface area (Å²) < 4.78 is 7.24. The second-order valence-corrected chi connectivity index (χ2v) is 8.34. The van der Waals surface area contributed by atoms with E-state index in [2.05, 4.69) is 5.32 Å². The number of rotatable bonds is 9. The van der Waals surface area contributed by atoms with Crippen LogP contribution in [0.2, 0.25) is 0 Å². The molecule has 0 bridgehead atoms. The Morgan fingerprint density at radius 1 is 1.03 bits per heavy atom. The third-order valence-corrected chi connectivity index (χ3v) is 5.83. The fourth-order valence-electron chi connectivity index (χ4n) is 3.23. The molecule has 0 fully saturated rings. The van der Waals surface area contributed by atoms with Crippen LogP contribution >= 0.6 is 11.3 Å². The van der Waals surface area contributed by atoms with Crippen LogP contribution in [0.1, 0.15) is 5.56 Å². The van der Waals surface area contributed by atoms with Gasteiger partial charge in [0.1, 0.15) is 11.4 Å². The summed E-state index contributed by atoms with van der Waals surface area (Å²) in [6.07, 6.45) is 1.94. The minimum absolute atomic E-state index is 0.103. The van der Waals surface area contributed by atoms with Gasteiger partial charge in [-0.15, -0.1) is 11.3 Å². The van der Waals surface area contributed by atoms with Gasteiger partial charge in [0.2, 0.25) is 5.91 Å². The van der Waals surface area contributed by atoms with E-state index in [1.807, 2.05) is 76.9 Å². The fourth-order valence-corrected chi connectivity index (χ4v) is 3.97. The minimum Gasteiger partial charge on any atom is -0.484 e. The first-order valence-corrected chi connectivity index (χ1v) is 11.3. The average Bonchev–Trinajstić information content (AvgIpc) is 3.52. The first-order valence-electron chi connectivity index (χ1n) is 10.5. The van der Waals surface area contributed by atoms with Gasteiger partial charge >= 0.3 is 0 Å². The molecule has 168 valence electrons. The molecular weight excluding hydrogens is 436 g/mol. The van der Waals surface area contributed by atoms with Crippen molar-refractivity contribution >= 4 is 23.2 Å². The highest BCUT2D eigenvalue weighted by molar-refractivity contribution is 7.13. The van der Waals surface area contributed by atoms with Crippen molar-refractivity contribution in [1.82, 2.24) is 20.0 Å². The molecule has 33 heavy (non-hydrogen) atoms. The molecule has 4 aromatic rings. The predicted octanol–water partition coefficient (Wildman–Crippen LogP) is 3.75. The molecule has 8 heteroatoms. The Hall–Kier alpha value is -3.91. The number of hydrogen-bond donors (Lipinski definition) is 1. The van der Waals surface area contributed by atoms with Gasteiger partial charge in [0, 0.05) is 25.4 Å². The van der Waals surface area contributed by atoms with E-state index >= 15 is 0 Å². The van der Waals surface area contributed by atoms with Crippen LogP contribution in [-0.4, -0.2) is 46.7 Å². The van der Waals surface area contributed by atoms with Gasteiger partial charge in [0.15, 0.2) is 6.61 Å². The number of carbonyl (C=O) groups excluding carboxylic acids is 2. The lowest BCUT2D eigenvalue weighted by Gasteiger charge is -2.17. The standard InChI is InChI=1S/C25H24N4O3S/c1-28(24(31)15-26-23(30)18-32-21-11-6-3-7-12-21)16-19-17-29(20-9-4-2-5-10-20)27-25(19)22-13-8-14-33-22/h2-14,17H,15-16,18H2,1H3,(H,26,30). The molecule has 1 N–H and O–H groups in total. The number of ether oxygens (including phenoxy) is 1. The molecule has 0 aliphatic carbocycles. The van der Waals surface area contributed by atoms with E-state index in [4.69, 9.17) is 9.84 Å². The van der Waals surface area contributed by atoms with Gasteiger partial charge in [0.05, 0.1) is 17.1 Å². The molecule has 4 rings (SSSR count). The Morgan fingerprint density at radius 3 is 2.45 bits per heavy atom. The Morgan fingerprint density at radius 2 is 1.76 bits per heavy atom. The number of aromatic nitrogens is 2. The van der Waals surface area contributed by atoms with Crippen molar-refractivity contribution in [2.45, 2.75) is 6.54 Å².